The van der Waals surface area contributed by atoms with Gasteiger partial charge in [-0.25, -0.2) is 17.6 Å². The van der Waals surface area contributed by atoms with Crippen LogP contribution in [0.5, 0.6) is 5.75 Å². The molecule has 0 aliphatic rings. The van der Waals surface area contributed by atoms with Gasteiger partial charge >= 0.3 is 29.2 Å². The molecule has 0 fully saturated rings. The van der Waals surface area contributed by atoms with Crippen LogP contribution in [0.3, 0.4) is 0 Å². The number of alkyl halides is 2. The second kappa shape index (κ2) is 7.09. The second-order valence-electron chi connectivity index (χ2n) is 3.94. The van der Waals surface area contributed by atoms with Crippen LogP contribution in [0.15, 0.2) is 34.8 Å². The predicted octanol–water partition coefficient (Wildman–Crippen LogP) is 4.22. The highest BCUT2D eigenvalue weighted by molar-refractivity contribution is 9.10. The predicted molar refractivity (Wildman–Crippen MR) is 73.5 cm³/mol. The molecular formula is C13H7BrF6MgO. The van der Waals surface area contributed by atoms with Gasteiger partial charge in [-0.3, -0.25) is 0 Å². The van der Waals surface area contributed by atoms with Crippen molar-refractivity contribution >= 4 is 39.0 Å². The van der Waals surface area contributed by atoms with Crippen molar-refractivity contribution in [2.24, 2.45) is 0 Å². The van der Waals surface area contributed by atoms with Crippen LogP contribution in [0.25, 0.3) is 0 Å². The van der Waals surface area contributed by atoms with Gasteiger partial charge in [0.05, 0.1) is 0 Å². The Labute approximate surface area is 145 Å². The van der Waals surface area contributed by atoms with Crippen molar-refractivity contribution in [3.05, 3.63) is 63.6 Å². The fourth-order valence-electron chi connectivity index (χ4n) is 1.52. The van der Waals surface area contributed by atoms with Gasteiger partial charge in [0.25, 0.3) is 0 Å². The van der Waals surface area contributed by atoms with E-state index in [1.807, 2.05) is 0 Å². The summed E-state index contributed by atoms with van der Waals surface area (Å²) in [4.78, 5) is 0. The van der Waals surface area contributed by atoms with Crippen molar-refractivity contribution in [1.29, 1.82) is 0 Å². The molecule has 0 unspecified atom stereocenters. The summed E-state index contributed by atoms with van der Waals surface area (Å²) in [5.41, 5.74) is -1.13. The minimum atomic E-state index is -4.19. The van der Waals surface area contributed by atoms with Crippen LogP contribution in [-0.4, -0.2) is 23.1 Å². The summed E-state index contributed by atoms with van der Waals surface area (Å²) in [6.45, 7) is 0. The van der Waals surface area contributed by atoms with E-state index in [9.17, 15) is 26.3 Å². The number of rotatable bonds is 3. The van der Waals surface area contributed by atoms with E-state index in [4.69, 9.17) is 0 Å². The molecule has 0 N–H and O–H groups in total. The van der Waals surface area contributed by atoms with Gasteiger partial charge in [0, 0.05) is 16.6 Å². The Morgan fingerprint density at radius 2 is 1.41 bits per heavy atom. The zero-order chi connectivity index (χ0) is 15.8. The highest BCUT2D eigenvalue weighted by Gasteiger charge is 2.38. The Kier molecular flexibility index (Phi) is 6.16. The lowest BCUT2D eigenvalue weighted by atomic mass is 10.2. The Morgan fingerprint density at radius 1 is 0.864 bits per heavy atom. The van der Waals surface area contributed by atoms with E-state index >= 15 is 0 Å². The summed E-state index contributed by atoms with van der Waals surface area (Å²) in [6.07, 6.45) is -4.19. The number of halogens is 7. The first kappa shape index (κ1) is 19.1. The molecule has 0 spiro atoms. The van der Waals surface area contributed by atoms with Crippen LogP contribution in [0, 0.1) is 23.3 Å². The Balaban J connectivity index is 0.00000242. The smallest absolute Gasteiger partial charge is 0.429 e. The molecule has 0 bridgehead atoms. The molecule has 0 atom stereocenters. The normalized spacial score (nSPS) is 11.0. The lowest BCUT2D eigenvalue weighted by molar-refractivity contribution is -0.187. The zero-order valence-corrected chi connectivity index (χ0v) is 11.5. The summed E-state index contributed by atoms with van der Waals surface area (Å²) < 4.78 is 83.9. The lowest BCUT2D eigenvalue weighted by Gasteiger charge is -2.19. The van der Waals surface area contributed by atoms with Crippen LogP contribution < -0.4 is 4.74 Å². The molecule has 1 nitrogen and oxygen atoms in total. The Morgan fingerprint density at radius 3 is 1.91 bits per heavy atom. The lowest BCUT2D eigenvalue weighted by Crippen LogP contribution is -2.23. The van der Waals surface area contributed by atoms with Crippen molar-refractivity contribution in [3.63, 3.8) is 0 Å². The van der Waals surface area contributed by atoms with Gasteiger partial charge in [0.15, 0.2) is 17.5 Å². The van der Waals surface area contributed by atoms with E-state index in [-0.39, 0.29) is 39.7 Å². The van der Waals surface area contributed by atoms with Gasteiger partial charge in [0.1, 0.15) is 17.1 Å². The van der Waals surface area contributed by atoms with E-state index in [0.717, 1.165) is 18.2 Å². The number of hydrogen-bond donors (Lipinski definition) is 0. The molecule has 0 radical (unpaired) electrons. The third kappa shape index (κ3) is 4.08. The van der Waals surface area contributed by atoms with Gasteiger partial charge < -0.3 is 4.74 Å². The maximum atomic E-state index is 13.8. The largest absolute Gasteiger partial charge is 0.429 e. The molecule has 2 aromatic rings. The molecule has 22 heavy (non-hydrogen) atoms. The zero-order valence-electron chi connectivity index (χ0n) is 9.94. The average molecular weight is 397 g/mol. The van der Waals surface area contributed by atoms with E-state index in [2.05, 4.69) is 20.7 Å². The Bertz CT molecular complexity index is 671. The van der Waals surface area contributed by atoms with Gasteiger partial charge in [-0.15, -0.1) is 0 Å². The molecule has 0 amide bonds. The van der Waals surface area contributed by atoms with Crippen LogP contribution in [0.4, 0.5) is 26.3 Å². The topological polar surface area (TPSA) is 9.23 Å². The molecule has 0 saturated heterocycles. The van der Waals surface area contributed by atoms with Crippen molar-refractivity contribution in [3.8, 4) is 5.75 Å². The van der Waals surface area contributed by atoms with Gasteiger partial charge in [0.2, 0.25) is 0 Å². The average Bonchev–Trinajstić information content (AvgIpc) is 2.34. The molecule has 0 saturated carbocycles. The minimum absolute atomic E-state index is 0. The molecule has 0 heterocycles. The van der Waals surface area contributed by atoms with Crippen LogP contribution in [-0.2, 0) is 6.11 Å². The maximum Gasteiger partial charge on any atom is 0.429 e. The van der Waals surface area contributed by atoms with Crippen LogP contribution in [0.1, 0.15) is 5.56 Å². The van der Waals surface area contributed by atoms with Gasteiger partial charge in [-0.05, 0) is 18.2 Å². The van der Waals surface area contributed by atoms with Gasteiger partial charge in [-0.2, -0.15) is 8.78 Å². The standard InChI is InChI=1S/C13H5BrF6O.Mg.2H/c14-6-1-2-8(9(15)3-6)13(19,20)21-7-4-10(16)12(18)11(17)5-7;;;/h1-5H;;;. The first-order valence-corrected chi connectivity index (χ1v) is 6.17. The third-order valence-electron chi connectivity index (χ3n) is 2.45. The molecule has 2 aromatic carbocycles. The fraction of sp³-hybridized carbons (Fsp3) is 0.0769. The molecule has 9 heteroatoms. The van der Waals surface area contributed by atoms with Crippen LogP contribution in [0.2, 0.25) is 0 Å². The number of benzene rings is 2. The van der Waals surface area contributed by atoms with E-state index < -0.39 is 40.7 Å². The maximum absolute atomic E-state index is 13.8. The summed E-state index contributed by atoms with van der Waals surface area (Å²) in [6, 6.07) is 3.14. The summed E-state index contributed by atoms with van der Waals surface area (Å²) >= 11 is 2.89. The van der Waals surface area contributed by atoms with Crippen molar-refractivity contribution < 1.29 is 31.1 Å². The van der Waals surface area contributed by atoms with Gasteiger partial charge in [-0.1, -0.05) is 15.9 Å². The van der Waals surface area contributed by atoms with E-state index in [1.165, 1.54) is 0 Å². The number of ether oxygens (including phenoxy) is 1. The van der Waals surface area contributed by atoms with E-state index in [1.54, 1.807) is 0 Å². The third-order valence-corrected chi connectivity index (χ3v) is 2.94. The van der Waals surface area contributed by atoms with Crippen molar-refractivity contribution in [2.45, 2.75) is 6.11 Å². The first-order chi connectivity index (χ1) is 9.70. The molecule has 0 aromatic heterocycles. The quantitative estimate of drug-likeness (QED) is 0.428. The number of hydrogen-bond acceptors (Lipinski definition) is 1. The molecule has 2 rings (SSSR count). The van der Waals surface area contributed by atoms with Crippen molar-refractivity contribution in [2.75, 3.05) is 0 Å². The molecule has 116 valence electrons. The summed E-state index contributed by atoms with van der Waals surface area (Å²) in [5.74, 6) is -7.47. The second-order valence-corrected chi connectivity index (χ2v) is 4.86. The first-order valence-electron chi connectivity index (χ1n) is 5.37. The molecule has 0 aliphatic heterocycles. The highest BCUT2D eigenvalue weighted by Crippen LogP contribution is 2.34. The minimum Gasteiger partial charge on any atom is -0.429 e. The fourth-order valence-corrected chi connectivity index (χ4v) is 1.85. The van der Waals surface area contributed by atoms with Crippen LogP contribution >= 0.6 is 15.9 Å². The summed E-state index contributed by atoms with van der Waals surface area (Å²) in [7, 11) is 0. The SMILES string of the molecule is Fc1cc(Br)ccc1C(F)(F)Oc1cc(F)c(F)c(F)c1.[MgH2]. The monoisotopic (exact) mass is 396 g/mol. The van der Waals surface area contributed by atoms with E-state index in [0.29, 0.717) is 0 Å². The Hall–Kier alpha value is -0.934. The molecular weight excluding hydrogens is 390 g/mol. The highest BCUT2D eigenvalue weighted by atomic mass is 79.9. The molecule has 0 aliphatic carbocycles. The van der Waals surface area contributed by atoms with Crippen molar-refractivity contribution in [1.82, 2.24) is 0 Å². The summed E-state index contributed by atoms with van der Waals surface area (Å²) in [5, 5.41) is 0.